The molecule has 0 spiro atoms. The Morgan fingerprint density at radius 2 is 1.61 bits per heavy atom. The molecule has 1 aliphatic rings. The molecule has 0 unspecified atom stereocenters. The molecule has 2 N–H and O–H groups in total. The van der Waals surface area contributed by atoms with Crippen LogP contribution in [0.15, 0.2) is 58.5 Å². The standard InChI is InChI=1S/C19H21FN4O3S/c1-14(22-23-19(25)16-2-6-17(20)7-3-16)15-4-8-18(9-5-15)28(26,27)24-12-10-21-11-13-24/h2-9,21H,10-13H2,1H3,(H,23,25)/b22-14-. The topological polar surface area (TPSA) is 90.9 Å². The summed E-state index contributed by atoms with van der Waals surface area (Å²) < 4.78 is 39.7. The van der Waals surface area contributed by atoms with Gasteiger partial charge < -0.3 is 5.32 Å². The van der Waals surface area contributed by atoms with Crippen molar-refractivity contribution in [3.8, 4) is 0 Å². The highest BCUT2D eigenvalue weighted by Gasteiger charge is 2.25. The van der Waals surface area contributed by atoms with Crippen LogP contribution in [0.5, 0.6) is 0 Å². The highest BCUT2D eigenvalue weighted by atomic mass is 32.2. The van der Waals surface area contributed by atoms with Gasteiger partial charge in [-0.1, -0.05) is 12.1 Å². The maximum absolute atomic E-state index is 12.9. The fraction of sp³-hybridized carbons (Fsp3) is 0.263. The first-order valence-electron chi connectivity index (χ1n) is 8.79. The van der Waals surface area contributed by atoms with Crippen LogP contribution in [0.3, 0.4) is 0 Å². The molecule has 0 atom stereocenters. The molecule has 1 saturated heterocycles. The van der Waals surface area contributed by atoms with Gasteiger partial charge in [0.2, 0.25) is 10.0 Å². The molecule has 148 valence electrons. The Hall–Kier alpha value is -2.62. The number of nitrogens with one attached hydrogen (secondary N) is 2. The van der Waals surface area contributed by atoms with E-state index in [-0.39, 0.29) is 10.5 Å². The number of rotatable bonds is 5. The van der Waals surface area contributed by atoms with Crippen LogP contribution >= 0.6 is 0 Å². The van der Waals surface area contributed by atoms with E-state index in [0.29, 0.717) is 37.5 Å². The highest BCUT2D eigenvalue weighted by Crippen LogP contribution is 2.17. The smallest absolute Gasteiger partial charge is 0.271 e. The summed E-state index contributed by atoms with van der Waals surface area (Å²) in [7, 11) is -3.52. The summed E-state index contributed by atoms with van der Waals surface area (Å²) in [5, 5.41) is 7.16. The van der Waals surface area contributed by atoms with Crippen molar-refractivity contribution in [3.63, 3.8) is 0 Å². The number of benzene rings is 2. The zero-order chi connectivity index (χ0) is 20.1. The van der Waals surface area contributed by atoms with E-state index in [1.54, 1.807) is 19.1 Å². The van der Waals surface area contributed by atoms with Gasteiger partial charge in [0.1, 0.15) is 5.82 Å². The number of piperazine rings is 1. The van der Waals surface area contributed by atoms with Gasteiger partial charge in [0, 0.05) is 31.7 Å². The highest BCUT2D eigenvalue weighted by molar-refractivity contribution is 7.89. The van der Waals surface area contributed by atoms with Gasteiger partial charge in [0.05, 0.1) is 10.6 Å². The number of carbonyl (C=O) groups excluding carboxylic acids is 1. The maximum atomic E-state index is 12.9. The molecule has 0 radical (unpaired) electrons. The van der Waals surface area contributed by atoms with Gasteiger partial charge in [-0.05, 0) is 48.9 Å². The average Bonchev–Trinajstić information content (AvgIpc) is 2.73. The molecule has 7 nitrogen and oxygen atoms in total. The van der Waals surface area contributed by atoms with Crippen molar-refractivity contribution in [1.82, 2.24) is 15.0 Å². The molecule has 0 aromatic heterocycles. The lowest BCUT2D eigenvalue weighted by Gasteiger charge is -2.26. The number of nitrogens with zero attached hydrogens (tertiary/aromatic N) is 2. The van der Waals surface area contributed by atoms with Gasteiger partial charge in [-0.2, -0.15) is 9.41 Å². The summed E-state index contributed by atoms with van der Waals surface area (Å²) in [5.41, 5.74) is 3.89. The van der Waals surface area contributed by atoms with Gasteiger partial charge in [0.25, 0.3) is 5.91 Å². The lowest BCUT2D eigenvalue weighted by molar-refractivity contribution is 0.0955. The van der Waals surface area contributed by atoms with E-state index in [9.17, 15) is 17.6 Å². The van der Waals surface area contributed by atoms with Gasteiger partial charge in [-0.3, -0.25) is 4.79 Å². The summed E-state index contributed by atoms with van der Waals surface area (Å²) in [5.74, 6) is -0.885. The van der Waals surface area contributed by atoms with Crippen molar-refractivity contribution in [2.24, 2.45) is 5.10 Å². The molecule has 3 rings (SSSR count). The molecule has 1 amide bonds. The molecular formula is C19H21FN4O3S. The molecule has 1 aliphatic heterocycles. The molecule has 2 aromatic carbocycles. The Labute approximate surface area is 163 Å². The second-order valence-electron chi connectivity index (χ2n) is 6.32. The molecule has 0 aliphatic carbocycles. The first-order valence-corrected chi connectivity index (χ1v) is 10.2. The van der Waals surface area contributed by atoms with Gasteiger partial charge in [-0.15, -0.1) is 0 Å². The zero-order valence-corrected chi connectivity index (χ0v) is 16.2. The fourth-order valence-corrected chi connectivity index (χ4v) is 4.21. The van der Waals surface area contributed by atoms with Crippen molar-refractivity contribution in [1.29, 1.82) is 0 Å². The van der Waals surface area contributed by atoms with Crippen LogP contribution in [0.2, 0.25) is 0 Å². The van der Waals surface area contributed by atoms with E-state index in [4.69, 9.17) is 0 Å². The van der Waals surface area contributed by atoms with E-state index in [2.05, 4.69) is 15.8 Å². The number of sulfonamides is 1. The number of hydrogen-bond acceptors (Lipinski definition) is 5. The van der Waals surface area contributed by atoms with Crippen LogP contribution in [0, 0.1) is 5.82 Å². The summed E-state index contributed by atoms with van der Waals surface area (Å²) in [6, 6.07) is 11.5. The molecule has 1 fully saturated rings. The molecule has 1 heterocycles. The number of hydrogen-bond donors (Lipinski definition) is 2. The van der Waals surface area contributed by atoms with E-state index in [0.717, 1.165) is 0 Å². The first-order chi connectivity index (χ1) is 13.4. The van der Waals surface area contributed by atoms with Gasteiger partial charge in [0.15, 0.2) is 0 Å². The van der Waals surface area contributed by atoms with Crippen molar-refractivity contribution in [3.05, 3.63) is 65.5 Å². The average molecular weight is 404 g/mol. The maximum Gasteiger partial charge on any atom is 0.271 e. The van der Waals surface area contributed by atoms with Gasteiger partial charge >= 0.3 is 0 Å². The van der Waals surface area contributed by atoms with Crippen LogP contribution in [0.4, 0.5) is 4.39 Å². The number of carbonyl (C=O) groups is 1. The van der Waals surface area contributed by atoms with Crippen LogP contribution in [-0.2, 0) is 10.0 Å². The third kappa shape index (κ3) is 4.61. The van der Waals surface area contributed by atoms with Crippen LogP contribution < -0.4 is 10.7 Å². The lowest BCUT2D eigenvalue weighted by Crippen LogP contribution is -2.46. The van der Waals surface area contributed by atoms with E-state index in [1.165, 1.54) is 40.7 Å². The van der Waals surface area contributed by atoms with E-state index < -0.39 is 21.7 Å². The molecule has 2 aromatic rings. The predicted molar refractivity (Wildman–Crippen MR) is 104 cm³/mol. The Balaban J connectivity index is 1.69. The van der Waals surface area contributed by atoms with E-state index in [1.807, 2.05) is 0 Å². The quantitative estimate of drug-likeness (QED) is 0.585. The molecule has 0 bridgehead atoms. The van der Waals surface area contributed by atoms with E-state index >= 15 is 0 Å². The third-order valence-corrected chi connectivity index (χ3v) is 6.33. The zero-order valence-electron chi connectivity index (χ0n) is 15.4. The van der Waals surface area contributed by atoms with Crippen LogP contribution in [-0.4, -0.2) is 50.5 Å². The summed E-state index contributed by atoms with van der Waals surface area (Å²) in [4.78, 5) is 12.2. The fourth-order valence-electron chi connectivity index (χ4n) is 2.77. The molecule has 0 saturated carbocycles. The molecule has 9 heteroatoms. The van der Waals surface area contributed by atoms with Crippen molar-refractivity contribution in [2.75, 3.05) is 26.2 Å². The summed E-state index contributed by atoms with van der Waals surface area (Å²) in [6.45, 7) is 3.86. The Morgan fingerprint density at radius 3 is 2.21 bits per heavy atom. The second-order valence-corrected chi connectivity index (χ2v) is 8.26. The normalized spacial score (nSPS) is 16.0. The van der Waals surface area contributed by atoms with Gasteiger partial charge in [-0.25, -0.2) is 18.2 Å². The minimum absolute atomic E-state index is 0.223. The SMILES string of the molecule is C/C(=N/NC(=O)c1ccc(F)cc1)c1ccc(S(=O)(=O)N2CCNCC2)cc1. The minimum atomic E-state index is -3.52. The Bertz CT molecular complexity index is 967. The number of halogens is 1. The Kier molecular flexibility index (Phi) is 6.18. The summed E-state index contributed by atoms with van der Waals surface area (Å²) in [6.07, 6.45) is 0. The monoisotopic (exact) mass is 404 g/mol. The van der Waals surface area contributed by atoms with Crippen molar-refractivity contribution >= 4 is 21.6 Å². The number of amides is 1. The molecule has 28 heavy (non-hydrogen) atoms. The molecular weight excluding hydrogens is 383 g/mol. The van der Waals surface area contributed by atoms with Crippen LogP contribution in [0.1, 0.15) is 22.8 Å². The van der Waals surface area contributed by atoms with Crippen molar-refractivity contribution in [2.45, 2.75) is 11.8 Å². The summed E-state index contributed by atoms with van der Waals surface area (Å²) >= 11 is 0. The largest absolute Gasteiger partial charge is 0.314 e. The number of hydrazone groups is 1. The van der Waals surface area contributed by atoms with Crippen LogP contribution in [0.25, 0.3) is 0 Å². The predicted octanol–water partition coefficient (Wildman–Crippen LogP) is 1.57. The minimum Gasteiger partial charge on any atom is -0.314 e. The second kappa shape index (κ2) is 8.59. The third-order valence-electron chi connectivity index (χ3n) is 4.42. The Morgan fingerprint density at radius 1 is 1.04 bits per heavy atom. The van der Waals surface area contributed by atoms with Crippen molar-refractivity contribution < 1.29 is 17.6 Å². The lowest BCUT2D eigenvalue weighted by atomic mass is 10.1. The first kappa shape index (κ1) is 20.1.